The third-order valence-electron chi connectivity index (χ3n) is 3.95. The smallest absolute Gasteiger partial charge is 0.234 e. The zero-order valence-corrected chi connectivity index (χ0v) is 16.0. The van der Waals surface area contributed by atoms with Crippen molar-refractivity contribution in [3.05, 3.63) is 60.9 Å². The number of nitrogens with one attached hydrogen (secondary N) is 1. The van der Waals surface area contributed by atoms with Gasteiger partial charge in [-0.25, -0.2) is 0 Å². The zero-order chi connectivity index (χ0) is 18.9. The summed E-state index contributed by atoms with van der Waals surface area (Å²) in [5, 5.41) is 11.8. The number of rotatable bonds is 9. The van der Waals surface area contributed by atoms with E-state index in [0.29, 0.717) is 6.61 Å². The van der Waals surface area contributed by atoms with Crippen LogP contribution in [0.3, 0.4) is 0 Å². The standard InChI is InChI=1S/C20H22N4O2S/c1-26-13-7-12-24-15-21-23-20(24)27-14-19(25)22-18-11-6-5-10-17(18)16-8-3-2-4-9-16/h2-6,8-11,15H,7,12-14H2,1H3,(H,22,25). The zero-order valence-electron chi connectivity index (χ0n) is 15.2. The Hall–Kier alpha value is -2.64. The van der Waals surface area contributed by atoms with Gasteiger partial charge in [-0.1, -0.05) is 60.3 Å². The minimum atomic E-state index is -0.0742. The Morgan fingerprint density at radius 1 is 1.15 bits per heavy atom. The molecule has 7 heteroatoms. The number of carbonyl (C=O) groups excluding carboxylic acids is 1. The molecular formula is C20H22N4O2S. The van der Waals surface area contributed by atoms with Crippen LogP contribution in [-0.2, 0) is 16.1 Å². The molecule has 1 aromatic heterocycles. The molecular weight excluding hydrogens is 360 g/mol. The molecule has 0 fully saturated rings. The average molecular weight is 382 g/mol. The molecule has 0 atom stereocenters. The number of aryl methyl sites for hydroxylation is 1. The SMILES string of the molecule is COCCCn1cnnc1SCC(=O)Nc1ccccc1-c1ccccc1. The molecule has 0 radical (unpaired) electrons. The van der Waals surface area contributed by atoms with Crippen molar-refractivity contribution in [1.29, 1.82) is 0 Å². The molecule has 1 heterocycles. The topological polar surface area (TPSA) is 69.0 Å². The quantitative estimate of drug-likeness (QED) is 0.451. The van der Waals surface area contributed by atoms with Gasteiger partial charge in [0.2, 0.25) is 5.91 Å². The minimum absolute atomic E-state index is 0.0742. The number of amides is 1. The molecule has 0 bridgehead atoms. The van der Waals surface area contributed by atoms with Crippen molar-refractivity contribution in [1.82, 2.24) is 14.8 Å². The highest BCUT2D eigenvalue weighted by molar-refractivity contribution is 7.99. The summed E-state index contributed by atoms with van der Waals surface area (Å²) in [6.45, 7) is 1.45. The van der Waals surface area contributed by atoms with Crippen LogP contribution in [0.15, 0.2) is 66.1 Å². The van der Waals surface area contributed by atoms with Crippen LogP contribution in [0.25, 0.3) is 11.1 Å². The Bertz CT molecular complexity index is 867. The fraction of sp³-hybridized carbons (Fsp3) is 0.250. The van der Waals surface area contributed by atoms with E-state index in [1.807, 2.05) is 59.2 Å². The first-order chi connectivity index (χ1) is 13.3. The van der Waals surface area contributed by atoms with Crippen LogP contribution in [0.4, 0.5) is 5.69 Å². The second-order valence-electron chi connectivity index (χ2n) is 5.90. The predicted molar refractivity (Wildman–Crippen MR) is 108 cm³/mol. The normalized spacial score (nSPS) is 10.7. The predicted octanol–water partition coefficient (Wildman–Crippen LogP) is 3.71. The maximum Gasteiger partial charge on any atom is 0.234 e. The second-order valence-corrected chi connectivity index (χ2v) is 6.84. The Balaban J connectivity index is 1.60. The summed E-state index contributed by atoms with van der Waals surface area (Å²) in [5.74, 6) is 0.196. The highest BCUT2D eigenvalue weighted by atomic mass is 32.2. The third-order valence-corrected chi connectivity index (χ3v) is 4.93. The van der Waals surface area contributed by atoms with Crippen LogP contribution in [-0.4, -0.2) is 40.1 Å². The van der Waals surface area contributed by atoms with Crippen molar-refractivity contribution in [3.63, 3.8) is 0 Å². The van der Waals surface area contributed by atoms with Crippen LogP contribution in [0.5, 0.6) is 0 Å². The summed E-state index contributed by atoms with van der Waals surface area (Å²) in [7, 11) is 1.68. The van der Waals surface area contributed by atoms with E-state index in [1.54, 1.807) is 13.4 Å². The van der Waals surface area contributed by atoms with E-state index in [2.05, 4.69) is 15.5 Å². The van der Waals surface area contributed by atoms with Gasteiger partial charge in [0.05, 0.1) is 5.75 Å². The first kappa shape index (κ1) is 19.1. The molecule has 0 aliphatic rings. The van der Waals surface area contributed by atoms with E-state index in [4.69, 9.17) is 4.74 Å². The summed E-state index contributed by atoms with van der Waals surface area (Å²) >= 11 is 1.38. The number of nitrogens with zero attached hydrogens (tertiary/aromatic N) is 3. The Morgan fingerprint density at radius 2 is 1.93 bits per heavy atom. The van der Waals surface area contributed by atoms with E-state index in [1.165, 1.54) is 11.8 Å². The number of aromatic nitrogens is 3. The maximum atomic E-state index is 12.5. The summed E-state index contributed by atoms with van der Waals surface area (Å²) in [5.41, 5.74) is 2.87. The van der Waals surface area contributed by atoms with Crippen LogP contribution >= 0.6 is 11.8 Å². The Kier molecular flexibility index (Phi) is 7.01. The number of hydrogen-bond donors (Lipinski definition) is 1. The molecule has 3 rings (SSSR count). The van der Waals surface area contributed by atoms with Gasteiger partial charge in [0, 0.05) is 31.5 Å². The van der Waals surface area contributed by atoms with Gasteiger partial charge in [0.1, 0.15) is 6.33 Å². The molecule has 27 heavy (non-hydrogen) atoms. The number of hydrogen-bond acceptors (Lipinski definition) is 5. The van der Waals surface area contributed by atoms with Crippen molar-refractivity contribution in [2.75, 3.05) is 24.8 Å². The monoisotopic (exact) mass is 382 g/mol. The molecule has 6 nitrogen and oxygen atoms in total. The number of methoxy groups -OCH3 is 1. The lowest BCUT2D eigenvalue weighted by Gasteiger charge is -2.11. The lowest BCUT2D eigenvalue weighted by molar-refractivity contribution is -0.113. The van der Waals surface area contributed by atoms with Crippen molar-refractivity contribution in [2.24, 2.45) is 0 Å². The van der Waals surface area contributed by atoms with E-state index in [-0.39, 0.29) is 11.7 Å². The number of carbonyl (C=O) groups is 1. The molecule has 0 aliphatic heterocycles. The highest BCUT2D eigenvalue weighted by Gasteiger charge is 2.11. The van der Waals surface area contributed by atoms with Gasteiger partial charge in [-0.2, -0.15) is 0 Å². The Labute approximate surface area is 163 Å². The van der Waals surface area contributed by atoms with Crippen LogP contribution < -0.4 is 5.32 Å². The largest absolute Gasteiger partial charge is 0.385 e. The lowest BCUT2D eigenvalue weighted by atomic mass is 10.0. The molecule has 0 saturated carbocycles. The molecule has 0 spiro atoms. The van der Waals surface area contributed by atoms with E-state index >= 15 is 0 Å². The first-order valence-electron chi connectivity index (χ1n) is 8.72. The van der Waals surface area contributed by atoms with Crippen molar-refractivity contribution in [2.45, 2.75) is 18.1 Å². The van der Waals surface area contributed by atoms with E-state index in [0.717, 1.165) is 34.9 Å². The number of benzene rings is 2. The van der Waals surface area contributed by atoms with Gasteiger partial charge in [-0.05, 0) is 18.1 Å². The van der Waals surface area contributed by atoms with Gasteiger partial charge >= 0.3 is 0 Å². The maximum absolute atomic E-state index is 12.5. The lowest BCUT2D eigenvalue weighted by Crippen LogP contribution is -2.15. The van der Waals surface area contributed by atoms with Crippen molar-refractivity contribution < 1.29 is 9.53 Å². The molecule has 1 N–H and O–H groups in total. The summed E-state index contributed by atoms with van der Waals surface area (Å²) < 4.78 is 7.01. The highest BCUT2D eigenvalue weighted by Crippen LogP contribution is 2.27. The second kappa shape index (κ2) is 9.89. The fourth-order valence-electron chi connectivity index (χ4n) is 2.67. The van der Waals surface area contributed by atoms with Crippen LogP contribution in [0.1, 0.15) is 6.42 Å². The molecule has 0 saturated heterocycles. The Morgan fingerprint density at radius 3 is 2.74 bits per heavy atom. The summed E-state index contributed by atoms with van der Waals surface area (Å²) in [4.78, 5) is 12.5. The van der Waals surface area contributed by atoms with Gasteiger partial charge in [-0.3, -0.25) is 4.79 Å². The van der Waals surface area contributed by atoms with E-state index in [9.17, 15) is 4.79 Å². The first-order valence-corrected chi connectivity index (χ1v) is 9.70. The number of thioether (sulfide) groups is 1. The summed E-state index contributed by atoms with van der Waals surface area (Å²) in [6.07, 6.45) is 2.55. The van der Waals surface area contributed by atoms with Gasteiger partial charge < -0.3 is 14.6 Å². The molecule has 0 aliphatic carbocycles. The van der Waals surface area contributed by atoms with E-state index < -0.39 is 0 Å². The third kappa shape index (κ3) is 5.42. The molecule has 2 aromatic carbocycles. The molecule has 140 valence electrons. The average Bonchev–Trinajstić information content (AvgIpc) is 3.15. The van der Waals surface area contributed by atoms with Crippen molar-refractivity contribution in [3.8, 4) is 11.1 Å². The number of ether oxygens (including phenoxy) is 1. The van der Waals surface area contributed by atoms with Crippen LogP contribution in [0.2, 0.25) is 0 Å². The molecule has 0 unspecified atom stereocenters. The minimum Gasteiger partial charge on any atom is -0.385 e. The number of para-hydroxylation sites is 1. The van der Waals surface area contributed by atoms with Crippen LogP contribution in [0, 0.1) is 0 Å². The van der Waals surface area contributed by atoms with Crippen molar-refractivity contribution >= 4 is 23.4 Å². The summed E-state index contributed by atoms with van der Waals surface area (Å²) in [6, 6.07) is 17.8. The molecule has 1 amide bonds. The van der Waals surface area contributed by atoms with Gasteiger partial charge in [-0.15, -0.1) is 10.2 Å². The van der Waals surface area contributed by atoms with Gasteiger partial charge in [0.25, 0.3) is 0 Å². The number of anilines is 1. The fourth-order valence-corrected chi connectivity index (χ4v) is 3.41. The van der Waals surface area contributed by atoms with Gasteiger partial charge in [0.15, 0.2) is 5.16 Å². The molecule has 3 aromatic rings.